The highest BCUT2D eigenvalue weighted by Crippen LogP contribution is 2.40. The van der Waals surface area contributed by atoms with Crippen LogP contribution in [-0.2, 0) is 5.41 Å². The topological polar surface area (TPSA) is 31.0 Å². The fourth-order valence-electron chi connectivity index (χ4n) is 3.46. The van der Waals surface area contributed by atoms with Gasteiger partial charge in [0.15, 0.2) is 17.0 Å². The van der Waals surface area contributed by atoms with Crippen molar-refractivity contribution in [2.45, 2.75) is 38.1 Å². The Hall–Kier alpha value is -1.70. The Balaban J connectivity index is 2.24. The van der Waals surface area contributed by atoms with Crippen molar-refractivity contribution in [2.24, 2.45) is 0 Å². The number of nitrogens with one attached hydrogen (secondary N) is 1. The number of benzene rings is 1. The van der Waals surface area contributed by atoms with E-state index in [1.165, 1.54) is 5.71 Å². The van der Waals surface area contributed by atoms with Crippen LogP contribution in [0.25, 0.3) is 0 Å². The molecule has 2 heteroatoms. The Kier molecular flexibility index (Phi) is 2.16. The number of hydrogen-bond donors (Lipinski definition) is 1. The van der Waals surface area contributed by atoms with Crippen molar-refractivity contribution in [3.05, 3.63) is 47.5 Å². The van der Waals surface area contributed by atoms with E-state index in [9.17, 15) is 4.79 Å². The number of carbonyl (C=O) groups excluding carboxylic acids is 1. The first-order valence-electron chi connectivity index (χ1n) is 6.40. The van der Waals surface area contributed by atoms with E-state index < -0.39 is 0 Å². The highest BCUT2D eigenvalue weighted by Gasteiger charge is 2.52. The summed E-state index contributed by atoms with van der Waals surface area (Å²) in [6.07, 6.45) is 4.80. The summed E-state index contributed by atoms with van der Waals surface area (Å²) in [5.74, 6) is 0.119. The third kappa shape index (κ3) is 1.41. The molecular weight excluding hydrogens is 222 g/mol. The Morgan fingerprint density at radius 2 is 1.94 bits per heavy atom. The zero-order valence-electron chi connectivity index (χ0n) is 11.1. The van der Waals surface area contributed by atoms with Crippen molar-refractivity contribution < 1.29 is 9.79 Å². The first-order chi connectivity index (χ1) is 8.45. The maximum atomic E-state index is 12.0. The number of ketones is 1. The minimum atomic E-state index is -0.117. The molecule has 1 heterocycles. The number of carbonyl (C=O) groups is 1. The molecule has 2 nitrogen and oxygen atoms in total. The lowest BCUT2D eigenvalue weighted by atomic mass is 9.68. The molecule has 1 aromatic rings. The summed E-state index contributed by atoms with van der Waals surface area (Å²) >= 11 is 0. The van der Waals surface area contributed by atoms with Crippen LogP contribution >= 0.6 is 0 Å². The van der Waals surface area contributed by atoms with Gasteiger partial charge in [0.1, 0.15) is 5.41 Å². The van der Waals surface area contributed by atoms with Crippen molar-refractivity contribution in [3.63, 3.8) is 0 Å². The lowest BCUT2D eigenvalue weighted by Gasteiger charge is -2.29. The Morgan fingerprint density at radius 3 is 2.61 bits per heavy atom. The quantitative estimate of drug-likeness (QED) is 0.730. The van der Waals surface area contributed by atoms with Gasteiger partial charge in [0, 0.05) is 18.9 Å². The SMILES string of the molecule is CC1=[NH+]C(C)(C)C[C@@]12C=CC(=O)c1ccccc12. The number of allylic oxidation sites excluding steroid dienone is 2. The summed E-state index contributed by atoms with van der Waals surface area (Å²) in [6.45, 7) is 6.54. The number of fused-ring (bicyclic) bond motifs is 2. The molecule has 0 unspecified atom stereocenters. The number of rotatable bonds is 0. The Morgan fingerprint density at radius 1 is 1.22 bits per heavy atom. The van der Waals surface area contributed by atoms with Gasteiger partial charge < -0.3 is 0 Å². The molecule has 0 radical (unpaired) electrons. The van der Waals surface area contributed by atoms with E-state index >= 15 is 0 Å². The zero-order chi connectivity index (χ0) is 13.0. The van der Waals surface area contributed by atoms with E-state index in [-0.39, 0.29) is 16.7 Å². The van der Waals surface area contributed by atoms with Gasteiger partial charge in [0.05, 0.1) is 0 Å². The lowest BCUT2D eigenvalue weighted by Crippen LogP contribution is -2.81. The molecular formula is C16H18NO+. The maximum Gasteiger partial charge on any atom is 0.185 e. The molecule has 0 saturated heterocycles. The lowest BCUT2D eigenvalue weighted by molar-refractivity contribution is -0.534. The van der Waals surface area contributed by atoms with Crippen LogP contribution in [0.1, 0.15) is 43.1 Å². The van der Waals surface area contributed by atoms with Gasteiger partial charge in [0.25, 0.3) is 0 Å². The summed E-state index contributed by atoms with van der Waals surface area (Å²) in [7, 11) is 0. The summed E-state index contributed by atoms with van der Waals surface area (Å²) in [5.41, 5.74) is 3.19. The van der Waals surface area contributed by atoms with Gasteiger partial charge in [-0.1, -0.05) is 30.3 Å². The predicted octanol–water partition coefficient (Wildman–Crippen LogP) is 1.40. The Labute approximate surface area is 107 Å². The van der Waals surface area contributed by atoms with Gasteiger partial charge in [-0.05, 0) is 25.5 Å². The average molecular weight is 240 g/mol. The van der Waals surface area contributed by atoms with Crippen LogP contribution in [0.2, 0.25) is 0 Å². The van der Waals surface area contributed by atoms with Crippen LogP contribution in [0.15, 0.2) is 36.4 Å². The van der Waals surface area contributed by atoms with Crippen molar-refractivity contribution in [1.82, 2.24) is 0 Å². The van der Waals surface area contributed by atoms with Crippen molar-refractivity contribution >= 4 is 11.5 Å². The normalized spacial score (nSPS) is 28.4. The monoisotopic (exact) mass is 240 g/mol. The van der Waals surface area contributed by atoms with Gasteiger partial charge in [0.2, 0.25) is 0 Å². The van der Waals surface area contributed by atoms with E-state index in [0.29, 0.717) is 0 Å². The molecule has 0 amide bonds. The average Bonchev–Trinajstić information content (AvgIpc) is 2.55. The fourth-order valence-corrected chi connectivity index (χ4v) is 3.46. The fraction of sp³-hybridized carbons (Fsp3) is 0.375. The summed E-state index contributed by atoms with van der Waals surface area (Å²) < 4.78 is 0. The second-order valence-corrected chi connectivity index (χ2v) is 6.03. The Bertz CT molecular complexity index is 595. The third-order valence-corrected chi connectivity index (χ3v) is 4.11. The first-order valence-corrected chi connectivity index (χ1v) is 6.40. The standard InChI is InChI=1S/C16H17NO/c1-11-16(10-15(2,3)17-11)9-8-14(18)12-6-4-5-7-13(12)16/h4-9H,10H2,1-3H3/p+1/t16-/m0/s1. The molecule has 1 N–H and O–H groups in total. The van der Waals surface area contributed by atoms with Gasteiger partial charge in [-0.25, -0.2) is 4.99 Å². The molecule has 18 heavy (non-hydrogen) atoms. The van der Waals surface area contributed by atoms with E-state index in [4.69, 9.17) is 0 Å². The van der Waals surface area contributed by atoms with Crippen LogP contribution in [0, 0.1) is 0 Å². The maximum absolute atomic E-state index is 12.0. The number of hydrogen-bond acceptors (Lipinski definition) is 1. The van der Waals surface area contributed by atoms with Crippen LogP contribution < -0.4 is 4.99 Å². The molecule has 2 aliphatic rings. The molecule has 1 aliphatic carbocycles. The predicted molar refractivity (Wildman–Crippen MR) is 71.9 cm³/mol. The minimum absolute atomic E-state index is 0.0714. The van der Waals surface area contributed by atoms with Crippen LogP contribution in [0.4, 0.5) is 0 Å². The molecule has 1 aromatic carbocycles. The van der Waals surface area contributed by atoms with E-state index in [1.54, 1.807) is 6.08 Å². The minimum Gasteiger partial charge on any atom is -0.289 e. The first kappa shape index (κ1) is 11.4. The molecule has 0 fully saturated rings. The largest absolute Gasteiger partial charge is 0.289 e. The zero-order valence-corrected chi connectivity index (χ0v) is 11.1. The molecule has 1 spiro atoms. The molecule has 0 saturated carbocycles. The van der Waals surface area contributed by atoms with Crippen LogP contribution in [0.5, 0.6) is 0 Å². The molecule has 1 atom stereocenters. The second kappa shape index (κ2) is 3.41. The van der Waals surface area contributed by atoms with E-state index in [0.717, 1.165) is 17.5 Å². The molecule has 0 bridgehead atoms. The van der Waals surface area contributed by atoms with E-state index in [1.807, 2.05) is 18.2 Å². The van der Waals surface area contributed by atoms with Crippen molar-refractivity contribution in [3.8, 4) is 0 Å². The van der Waals surface area contributed by atoms with Crippen LogP contribution in [0.3, 0.4) is 0 Å². The summed E-state index contributed by atoms with van der Waals surface area (Å²) in [4.78, 5) is 15.5. The summed E-state index contributed by atoms with van der Waals surface area (Å²) in [5, 5.41) is 0. The third-order valence-electron chi connectivity index (χ3n) is 4.11. The molecule has 3 rings (SSSR count). The second-order valence-electron chi connectivity index (χ2n) is 6.03. The van der Waals surface area contributed by atoms with Gasteiger partial charge in [-0.3, -0.25) is 4.79 Å². The smallest absolute Gasteiger partial charge is 0.185 e. The highest BCUT2D eigenvalue weighted by atomic mass is 16.1. The molecule has 92 valence electrons. The molecule has 1 aliphatic heterocycles. The highest BCUT2D eigenvalue weighted by molar-refractivity contribution is 6.10. The van der Waals surface area contributed by atoms with Crippen molar-refractivity contribution in [1.29, 1.82) is 0 Å². The van der Waals surface area contributed by atoms with Crippen molar-refractivity contribution in [2.75, 3.05) is 0 Å². The van der Waals surface area contributed by atoms with Gasteiger partial charge >= 0.3 is 0 Å². The summed E-state index contributed by atoms with van der Waals surface area (Å²) in [6, 6.07) is 7.98. The molecule has 0 aromatic heterocycles. The van der Waals surface area contributed by atoms with Gasteiger partial charge in [-0.15, -0.1) is 0 Å². The van der Waals surface area contributed by atoms with E-state index in [2.05, 4.69) is 37.9 Å². The van der Waals surface area contributed by atoms with Crippen LogP contribution in [-0.4, -0.2) is 17.0 Å². The van der Waals surface area contributed by atoms with Gasteiger partial charge in [-0.2, -0.15) is 0 Å².